The van der Waals surface area contributed by atoms with E-state index in [4.69, 9.17) is 0 Å². The molecule has 0 aromatic heterocycles. The molecule has 1 spiro atoms. The number of fused-ring (bicyclic) bond motifs is 2. The number of benzene rings is 1. The van der Waals surface area contributed by atoms with E-state index in [9.17, 15) is 4.79 Å². The monoisotopic (exact) mass is 314 g/mol. The predicted molar refractivity (Wildman–Crippen MR) is 94.4 cm³/mol. The molecule has 1 N–H and O–H groups in total. The molecule has 3 rings (SSSR count). The van der Waals surface area contributed by atoms with Gasteiger partial charge in [-0.25, -0.2) is 0 Å². The maximum absolute atomic E-state index is 11.6. The third-order valence-electron chi connectivity index (χ3n) is 5.72. The van der Waals surface area contributed by atoms with Gasteiger partial charge >= 0.3 is 0 Å². The highest BCUT2D eigenvalue weighted by Crippen LogP contribution is 2.50. The number of rotatable bonds is 4. The van der Waals surface area contributed by atoms with Gasteiger partial charge < -0.3 is 10.2 Å². The van der Waals surface area contributed by atoms with Crippen molar-refractivity contribution in [1.82, 2.24) is 10.2 Å². The topological polar surface area (TPSA) is 32.3 Å². The predicted octanol–water partition coefficient (Wildman–Crippen LogP) is 3.65. The number of carbonyl (C=O) groups excluding carboxylic acids is 1. The Bertz CT molecular complexity index is 559. The lowest BCUT2D eigenvalue weighted by atomic mass is 9.73. The van der Waals surface area contributed by atoms with Gasteiger partial charge in [-0.3, -0.25) is 4.79 Å². The Morgan fingerprint density at radius 1 is 1.30 bits per heavy atom. The number of amides is 1. The lowest BCUT2D eigenvalue weighted by Gasteiger charge is -2.40. The van der Waals surface area contributed by atoms with Crippen LogP contribution in [0.3, 0.4) is 0 Å². The summed E-state index contributed by atoms with van der Waals surface area (Å²) >= 11 is 0. The molecule has 23 heavy (non-hydrogen) atoms. The molecule has 1 saturated heterocycles. The van der Waals surface area contributed by atoms with E-state index in [2.05, 4.69) is 48.3 Å². The van der Waals surface area contributed by atoms with Crippen molar-refractivity contribution in [3.05, 3.63) is 35.4 Å². The molecule has 126 valence electrons. The van der Waals surface area contributed by atoms with Crippen LogP contribution in [0.5, 0.6) is 0 Å². The summed E-state index contributed by atoms with van der Waals surface area (Å²) in [6.45, 7) is 9.84. The average molecular weight is 314 g/mol. The molecule has 1 aliphatic carbocycles. The largest absolute Gasteiger partial charge is 0.349 e. The van der Waals surface area contributed by atoms with Gasteiger partial charge in [0, 0.05) is 12.3 Å². The molecule has 1 aliphatic heterocycles. The van der Waals surface area contributed by atoms with E-state index >= 15 is 0 Å². The molecule has 1 aromatic rings. The lowest BCUT2D eigenvalue weighted by Crippen LogP contribution is -2.42. The molecule has 0 unspecified atom stereocenters. The number of hydrogen-bond acceptors (Lipinski definition) is 2. The Labute approximate surface area is 140 Å². The molecule has 3 heteroatoms. The fourth-order valence-electron chi connectivity index (χ4n) is 4.39. The minimum absolute atomic E-state index is 0.0798. The average Bonchev–Trinajstić information content (AvgIpc) is 2.81. The van der Waals surface area contributed by atoms with Crippen LogP contribution in [0.4, 0.5) is 0 Å². The minimum atomic E-state index is 0.0798. The quantitative estimate of drug-likeness (QED) is 0.920. The first-order valence-corrected chi connectivity index (χ1v) is 9.09. The molecule has 0 bridgehead atoms. The van der Waals surface area contributed by atoms with Gasteiger partial charge in [0.2, 0.25) is 5.91 Å². The van der Waals surface area contributed by atoms with Gasteiger partial charge in [0.1, 0.15) is 0 Å². The highest BCUT2D eigenvalue weighted by Gasteiger charge is 2.45. The van der Waals surface area contributed by atoms with Gasteiger partial charge in [0.05, 0.1) is 6.04 Å². The van der Waals surface area contributed by atoms with Crippen LogP contribution in [0.25, 0.3) is 0 Å². The molecule has 3 nitrogen and oxygen atoms in total. The smallest absolute Gasteiger partial charge is 0.217 e. The second kappa shape index (κ2) is 6.64. The van der Waals surface area contributed by atoms with Crippen molar-refractivity contribution < 1.29 is 4.79 Å². The number of likely N-dealkylation sites (tertiary alicyclic amines) is 1. The number of piperidine rings is 1. The van der Waals surface area contributed by atoms with Crippen LogP contribution in [0.2, 0.25) is 0 Å². The number of hydrogen-bond donors (Lipinski definition) is 1. The van der Waals surface area contributed by atoms with E-state index < -0.39 is 0 Å². The molecule has 1 heterocycles. The second-order valence-corrected chi connectivity index (χ2v) is 7.85. The number of carbonyl (C=O) groups is 1. The minimum Gasteiger partial charge on any atom is -0.349 e. The highest BCUT2D eigenvalue weighted by atomic mass is 16.1. The molecule has 1 fully saturated rings. The van der Waals surface area contributed by atoms with Crippen LogP contribution >= 0.6 is 0 Å². The Kier molecular flexibility index (Phi) is 4.77. The first-order chi connectivity index (χ1) is 11.0. The van der Waals surface area contributed by atoms with Crippen molar-refractivity contribution in [3.63, 3.8) is 0 Å². The summed E-state index contributed by atoms with van der Waals surface area (Å²) < 4.78 is 0. The molecule has 0 radical (unpaired) electrons. The Morgan fingerprint density at radius 3 is 2.65 bits per heavy atom. The SMILES string of the molecule is CC(=O)N[C@H]1CC2(CCN(CCC(C)C)CC2)c2ccccc21. The molecule has 2 aliphatic rings. The van der Waals surface area contributed by atoms with Crippen LogP contribution in [0, 0.1) is 5.92 Å². The second-order valence-electron chi connectivity index (χ2n) is 7.85. The zero-order valence-corrected chi connectivity index (χ0v) is 14.8. The van der Waals surface area contributed by atoms with Gasteiger partial charge in [-0.05, 0) is 62.4 Å². The summed E-state index contributed by atoms with van der Waals surface area (Å²) in [7, 11) is 0. The van der Waals surface area contributed by atoms with Crippen molar-refractivity contribution >= 4 is 5.91 Å². The van der Waals surface area contributed by atoms with Crippen LogP contribution in [-0.2, 0) is 10.2 Å². The number of nitrogens with zero attached hydrogens (tertiary/aromatic N) is 1. The number of nitrogens with one attached hydrogen (secondary N) is 1. The molecule has 0 saturated carbocycles. The van der Waals surface area contributed by atoms with E-state index in [0.29, 0.717) is 0 Å². The summed E-state index contributed by atoms with van der Waals surface area (Å²) in [5.74, 6) is 0.860. The van der Waals surface area contributed by atoms with Gasteiger partial charge in [-0.15, -0.1) is 0 Å². The maximum Gasteiger partial charge on any atom is 0.217 e. The molecular weight excluding hydrogens is 284 g/mol. The van der Waals surface area contributed by atoms with Crippen molar-refractivity contribution in [3.8, 4) is 0 Å². The van der Waals surface area contributed by atoms with Gasteiger partial charge in [0.25, 0.3) is 0 Å². The first-order valence-electron chi connectivity index (χ1n) is 9.09. The summed E-state index contributed by atoms with van der Waals surface area (Å²) in [5, 5.41) is 3.17. The normalized spacial score (nSPS) is 23.2. The summed E-state index contributed by atoms with van der Waals surface area (Å²) in [6, 6.07) is 8.95. The Hall–Kier alpha value is -1.35. The van der Waals surface area contributed by atoms with E-state index in [1.165, 1.54) is 50.0 Å². The fraction of sp³-hybridized carbons (Fsp3) is 0.650. The Balaban J connectivity index is 1.72. The maximum atomic E-state index is 11.6. The zero-order valence-electron chi connectivity index (χ0n) is 14.8. The molecule has 1 amide bonds. The summed E-state index contributed by atoms with van der Waals surface area (Å²) in [4.78, 5) is 14.2. The van der Waals surface area contributed by atoms with Gasteiger partial charge in [-0.2, -0.15) is 0 Å². The standard InChI is InChI=1S/C20H30N2O/c1-15(2)8-11-22-12-9-20(10-13-22)14-19(21-16(3)23)17-6-4-5-7-18(17)20/h4-7,15,19H,8-14H2,1-3H3,(H,21,23)/t19-/m0/s1. The Morgan fingerprint density at radius 2 is 2.00 bits per heavy atom. The molecular formula is C20H30N2O. The van der Waals surface area contributed by atoms with Crippen molar-refractivity contribution in [1.29, 1.82) is 0 Å². The summed E-state index contributed by atoms with van der Waals surface area (Å²) in [6.07, 6.45) is 4.80. The van der Waals surface area contributed by atoms with E-state index in [1.807, 2.05) is 0 Å². The lowest BCUT2D eigenvalue weighted by molar-refractivity contribution is -0.119. The summed E-state index contributed by atoms with van der Waals surface area (Å²) in [5.41, 5.74) is 3.11. The van der Waals surface area contributed by atoms with Crippen LogP contribution in [0.1, 0.15) is 63.6 Å². The first kappa shape index (κ1) is 16.5. The van der Waals surface area contributed by atoms with Crippen molar-refractivity contribution in [2.45, 2.75) is 57.9 Å². The third-order valence-corrected chi connectivity index (χ3v) is 5.72. The van der Waals surface area contributed by atoms with E-state index in [-0.39, 0.29) is 17.4 Å². The third kappa shape index (κ3) is 3.45. The highest BCUT2D eigenvalue weighted by molar-refractivity contribution is 5.73. The van der Waals surface area contributed by atoms with Crippen molar-refractivity contribution in [2.24, 2.45) is 5.92 Å². The molecule has 1 aromatic carbocycles. The van der Waals surface area contributed by atoms with Gasteiger partial charge in [-0.1, -0.05) is 38.1 Å². The molecule has 1 atom stereocenters. The fourth-order valence-corrected chi connectivity index (χ4v) is 4.39. The van der Waals surface area contributed by atoms with E-state index in [1.54, 1.807) is 6.92 Å². The zero-order chi connectivity index (χ0) is 16.4. The van der Waals surface area contributed by atoms with Crippen molar-refractivity contribution in [2.75, 3.05) is 19.6 Å². The van der Waals surface area contributed by atoms with Crippen LogP contribution in [-0.4, -0.2) is 30.4 Å². The van der Waals surface area contributed by atoms with E-state index in [0.717, 1.165) is 12.3 Å². The van der Waals surface area contributed by atoms with Crippen LogP contribution in [0.15, 0.2) is 24.3 Å². The van der Waals surface area contributed by atoms with Gasteiger partial charge in [0.15, 0.2) is 0 Å². The van der Waals surface area contributed by atoms with Crippen LogP contribution < -0.4 is 5.32 Å².